The number of rotatable bonds is 6. The van der Waals surface area contributed by atoms with Crippen LogP contribution in [0.5, 0.6) is 0 Å². The Labute approximate surface area is 215 Å². The Morgan fingerprint density at radius 3 is 1.14 bits per heavy atom. The second-order valence-corrected chi connectivity index (χ2v) is 7.28. The van der Waals surface area contributed by atoms with Gasteiger partial charge in [0, 0.05) is 5.92 Å². The van der Waals surface area contributed by atoms with Crippen LogP contribution in [0.25, 0.3) is 0 Å². The number of benzene rings is 4. The fourth-order valence-electron chi connectivity index (χ4n) is 4.68. The first-order valence-corrected chi connectivity index (χ1v) is 10.1. The van der Waals surface area contributed by atoms with E-state index in [1.807, 2.05) is 0 Å². The van der Waals surface area contributed by atoms with Gasteiger partial charge in [-0.2, -0.15) is 0 Å². The minimum Gasteiger partial charge on any atom is -0.0647 e. The molecule has 1 heteroatoms. The summed E-state index contributed by atoms with van der Waals surface area (Å²) in [5.41, 5.74) is 5.13. The Balaban J connectivity index is 0.00000240. The van der Waals surface area contributed by atoms with Gasteiger partial charge in [0.05, 0.1) is 5.41 Å². The molecule has 0 aliphatic carbocycles. The van der Waals surface area contributed by atoms with Crippen LogP contribution in [0.1, 0.15) is 41.5 Å². The predicted octanol–water partition coefficient (Wildman–Crippen LogP) is 6.83. The van der Waals surface area contributed by atoms with Crippen molar-refractivity contribution in [2.75, 3.05) is 0 Å². The monoisotopic (exact) mass is 500 g/mol. The van der Waals surface area contributed by atoms with Crippen molar-refractivity contribution in [3.63, 3.8) is 0 Å². The average molecular weight is 500 g/mol. The molecule has 0 radical (unpaired) electrons. The summed E-state index contributed by atoms with van der Waals surface area (Å²) in [5.74, 6) is 0.320. The molecule has 4 aromatic carbocycles. The molecule has 0 heterocycles. The van der Waals surface area contributed by atoms with Gasteiger partial charge in [0.15, 0.2) is 0 Å². The van der Waals surface area contributed by atoms with Crippen LogP contribution in [0.15, 0.2) is 121 Å². The molecule has 1 unspecified atom stereocenters. The van der Waals surface area contributed by atoms with E-state index in [-0.39, 0.29) is 54.3 Å². The summed E-state index contributed by atoms with van der Waals surface area (Å²) in [6.45, 7) is 2.31. The van der Waals surface area contributed by atoms with Crippen LogP contribution in [0, 0.1) is 0 Å². The summed E-state index contributed by atoms with van der Waals surface area (Å²) in [4.78, 5) is 0. The number of hydrogen-bond donors (Lipinski definition) is 0. The van der Waals surface area contributed by atoms with Gasteiger partial charge >= 0.3 is 48.9 Å². The summed E-state index contributed by atoms with van der Waals surface area (Å²) in [6, 6.07) is 43.9. The third-order valence-electron chi connectivity index (χ3n) is 5.82. The molecule has 0 bridgehead atoms. The summed E-state index contributed by atoms with van der Waals surface area (Å²) in [5, 5.41) is 0. The molecule has 0 N–H and O–H groups in total. The molecule has 0 aromatic heterocycles. The molecule has 0 nitrogen and oxygen atoms in total. The van der Waals surface area contributed by atoms with Gasteiger partial charge in [-0.15, -0.1) is 0 Å². The molecule has 0 spiro atoms. The maximum atomic E-state index is 2.31. The van der Waals surface area contributed by atoms with Crippen LogP contribution >= 0.6 is 0 Å². The van der Waals surface area contributed by atoms with Crippen LogP contribution in [0.2, 0.25) is 0 Å². The Bertz CT molecular complexity index is 883. The van der Waals surface area contributed by atoms with E-state index in [0.717, 1.165) is 6.42 Å². The van der Waals surface area contributed by atoms with Crippen molar-refractivity contribution in [2.45, 2.75) is 24.7 Å². The Hall–Kier alpha value is -1.55. The molecule has 0 fully saturated rings. The molecular weight excluding hydrogens is 474 g/mol. The standard InChI is InChI=1S/C28H26.Ba/c1-2-27(23-15-7-3-8-16-23)28(24-17-9-4-10-18-24,25-19-11-5-12-20-25)26-21-13-6-14-22-26;/h3-22,27H,2H2,1H3;/q;+2. The zero-order valence-electron chi connectivity index (χ0n) is 17.0. The second kappa shape index (κ2) is 10.5. The van der Waals surface area contributed by atoms with E-state index >= 15 is 0 Å². The summed E-state index contributed by atoms with van der Waals surface area (Å²) in [6.07, 6.45) is 1.04. The molecule has 0 aliphatic heterocycles. The molecule has 29 heavy (non-hydrogen) atoms. The first-order chi connectivity index (χ1) is 13.9. The third kappa shape index (κ3) is 4.33. The van der Waals surface area contributed by atoms with Gasteiger partial charge in [0.1, 0.15) is 0 Å². The molecule has 1 atom stereocenters. The molecular formula is C28H26Ba+2. The van der Waals surface area contributed by atoms with Gasteiger partial charge in [-0.05, 0) is 28.7 Å². The Morgan fingerprint density at radius 1 is 0.517 bits per heavy atom. The summed E-state index contributed by atoms with van der Waals surface area (Å²) >= 11 is 0. The first-order valence-electron chi connectivity index (χ1n) is 10.1. The molecule has 0 saturated heterocycles. The largest absolute Gasteiger partial charge is 2.00 e. The van der Waals surface area contributed by atoms with Crippen molar-refractivity contribution < 1.29 is 0 Å². The molecule has 0 aliphatic rings. The smallest absolute Gasteiger partial charge is 0.0647 e. The second-order valence-electron chi connectivity index (χ2n) is 7.28. The van der Waals surface area contributed by atoms with Crippen LogP contribution in [-0.4, -0.2) is 48.9 Å². The minimum absolute atomic E-state index is 0. The van der Waals surface area contributed by atoms with Gasteiger partial charge in [0.25, 0.3) is 0 Å². The van der Waals surface area contributed by atoms with Gasteiger partial charge < -0.3 is 0 Å². The van der Waals surface area contributed by atoms with Gasteiger partial charge in [-0.25, -0.2) is 0 Å². The van der Waals surface area contributed by atoms with Crippen molar-refractivity contribution in [3.8, 4) is 0 Å². The normalized spacial score (nSPS) is 12.0. The molecule has 138 valence electrons. The molecule has 0 amide bonds. The topological polar surface area (TPSA) is 0 Å². The predicted molar refractivity (Wildman–Crippen MR) is 124 cm³/mol. The zero-order chi connectivity index (χ0) is 19.2. The zero-order valence-corrected chi connectivity index (χ0v) is 21.5. The van der Waals surface area contributed by atoms with E-state index in [4.69, 9.17) is 0 Å². The van der Waals surface area contributed by atoms with Gasteiger partial charge in [0.2, 0.25) is 0 Å². The first kappa shape index (κ1) is 22.1. The van der Waals surface area contributed by atoms with Crippen LogP contribution < -0.4 is 0 Å². The van der Waals surface area contributed by atoms with E-state index < -0.39 is 0 Å². The van der Waals surface area contributed by atoms with E-state index in [1.165, 1.54) is 22.3 Å². The fraction of sp³-hybridized carbons (Fsp3) is 0.143. The Kier molecular flexibility index (Phi) is 8.00. The van der Waals surface area contributed by atoms with Crippen molar-refractivity contribution in [1.29, 1.82) is 0 Å². The van der Waals surface area contributed by atoms with Gasteiger partial charge in [-0.3, -0.25) is 0 Å². The average Bonchev–Trinajstić information content (AvgIpc) is 2.80. The summed E-state index contributed by atoms with van der Waals surface area (Å²) < 4.78 is 0. The maximum absolute atomic E-state index is 2.31. The van der Waals surface area contributed by atoms with E-state index in [2.05, 4.69) is 128 Å². The van der Waals surface area contributed by atoms with Crippen LogP contribution in [0.4, 0.5) is 0 Å². The third-order valence-corrected chi connectivity index (χ3v) is 5.82. The van der Waals surface area contributed by atoms with E-state index in [1.54, 1.807) is 0 Å². The fourth-order valence-corrected chi connectivity index (χ4v) is 4.68. The quantitative estimate of drug-likeness (QED) is 0.201. The van der Waals surface area contributed by atoms with E-state index in [0.29, 0.717) is 5.92 Å². The maximum Gasteiger partial charge on any atom is 2.00 e. The van der Waals surface area contributed by atoms with Crippen molar-refractivity contribution in [3.05, 3.63) is 144 Å². The number of hydrogen-bond acceptors (Lipinski definition) is 0. The van der Waals surface area contributed by atoms with Crippen LogP contribution in [-0.2, 0) is 5.41 Å². The SMILES string of the molecule is CCC(c1ccccc1)C(c1ccccc1)(c1ccccc1)c1ccccc1.[Ba+2]. The van der Waals surface area contributed by atoms with Crippen molar-refractivity contribution in [2.24, 2.45) is 0 Å². The minimum atomic E-state index is -0.250. The van der Waals surface area contributed by atoms with Crippen molar-refractivity contribution >= 4 is 48.9 Å². The Morgan fingerprint density at radius 2 is 0.828 bits per heavy atom. The summed E-state index contributed by atoms with van der Waals surface area (Å²) in [7, 11) is 0. The molecule has 4 rings (SSSR count). The molecule has 0 saturated carbocycles. The van der Waals surface area contributed by atoms with E-state index in [9.17, 15) is 0 Å². The van der Waals surface area contributed by atoms with Crippen molar-refractivity contribution in [1.82, 2.24) is 0 Å². The molecule has 4 aromatic rings. The van der Waals surface area contributed by atoms with Gasteiger partial charge in [-0.1, -0.05) is 128 Å². The van der Waals surface area contributed by atoms with Crippen LogP contribution in [0.3, 0.4) is 0 Å².